The summed E-state index contributed by atoms with van der Waals surface area (Å²) in [5.74, 6) is 0.915. The van der Waals surface area contributed by atoms with Crippen molar-refractivity contribution in [2.24, 2.45) is 5.73 Å². The zero-order valence-corrected chi connectivity index (χ0v) is 12.1. The summed E-state index contributed by atoms with van der Waals surface area (Å²) in [4.78, 5) is 5.75. The van der Waals surface area contributed by atoms with Crippen LogP contribution in [0.1, 0.15) is 39.2 Å². The van der Waals surface area contributed by atoms with Gasteiger partial charge in [0.25, 0.3) is 0 Å². The largest absolute Gasteiger partial charge is 0.486 e. The summed E-state index contributed by atoms with van der Waals surface area (Å²) in [6.45, 7) is 4.67. The van der Waals surface area contributed by atoms with Crippen LogP contribution in [-0.2, 0) is 13.0 Å². The number of nitrogens with two attached hydrogens (primary N) is 1. The van der Waals surface area contributed by atoms with Crippen LogP contribution in [0.5, 0.6) is 5.75 Å². The van der Waals surface area contributed by atoms with Gasteiger partial charge in [-0.25, -0.2) is 4.98 Å². The third kappa shape index (κ3) is 2.51. The van der Waals surface area contributed by atoms with Crippen molar-refractivity contribution in [1.29, 1.82) is 0 Å². The highest BCUT2D eigenvalue weighted by Gasteiger charge is 2.19. The monoisotopic (exact) mass is 274 g/mol. The van der Waals surface area contributed by atoms with E-state index in [2.05, 4.69) is 24.0 Å². The number of aryl methyl sites for hydroxylation is 3. The molecule has 3 nitrogen and oxygen atoms in total. The van der Waals surface area contributed by atoms with E-state index in [1.165, 1.54) is 16.0 Å². The Kier molecular flexibility index (Phi) is 3.29. The molecule has 100 valence electrons. The summed E-state index contributed by atoms with van der Waals surface area (Å²) >= 11 is 1.70. The van der Waals surface area contributed by atoms with Gasteiger partial charge in [-0.3, -0.25) is 0 Å². The summed E-state index contributed by atoms with van der Waals surface area (Å²) in [5.41, 5.74) is 9.73. The molecule has 0 amide bonds. The lowest BCUT2D eigenvalue weighted by molar-refractivity contribution is 0.305. The van der Waals surface area contributed by atoms with Gasteiger partial charge in [-0.2, -0.15) is 0 Å². The van der Waals surface area contributed by atoms with Gasteiger partial charge in [0, 0.05) is 10.9 Å². The van der Waals surface area contributed by atoms with Crippen LogP contribution in [0.25, 0.3) is 0 Å². The Balaban J connectivity index is 1.71. The first-order valence-electron chi connectivity index (χ1n) is 6.57. The van der Waals surface area contributed by atoms with Crippen LogP contribution in [0.3, 0.4) is 0 Å². The molecule has 0 bridgehead atoms. The van der Waals surface area contributed by atoms with E-state index < -0.39 is 0 Å². The average molecular weight is 274 g/mol. The van der Waals surface area contributed by atoms with E-state index in [-0.39, 0.29) is 6.04 Å². The molecule has 4 heteroatoms. The number of thiazole rings is 1. The second-order valence-corrected chi connectivity index (χ2v) is 6.33. The molecule has 3 rings (SSSR count). The van der Waals surface area contributed by atoms with Gasteiger partial charge in [0.2, 0.25) is 0 Å². The molecule has 1 aromatic carbocycles. The fourth-order valence-electron chi connectivity index (χ4n) is 2.46. The standard InChI is InChI=1S/C15H18N2OS/c1-9-10(2)19-15(17-9)8-18-12-4-5-13-11(7-12)3-6-14(13)16/h4-5,7,14H,3,6,8,16H2,1-2H3/t14-/m0/s1. The fourth-order valence-corrected chi connectivity index (χ4v) is 3.31. The number of nitrogens with zero attached hydrogens (tertiary/aromatic N) is 1. The molecule has 0 unspecified atom stereocenters. The van der Waals surface area contributed by atoms with Gasteiger partial charge in [0.15, 0.2) is 0 Å². The Hall–Kier alpha value is -1.39. The van der Waals surface area contributed by atoms with Crippen molar-refractivity contribution in [3.8, 4) is 5.75 Å². The van der Waals surface area contributed by atoms with Crippen LogP contribution in [0.4, 0.5) is 0 Å². The summed E-state index contributed by atoms with van der Waals surface area (Å²) in [6, 6.07) is 6.43. The van der Waals surface area contributed by atoms with Crippen molar-refractivity contribution >= 4 is 11.3 Å². The van der Waals surface area contributed by atoms with Crippen molar-refractivity contribution in [2.75, 3.05) is 0 Å². The van der Waals surface area contributed by atoms with Crippen LogP contribution < -0.4 is 10.5 Å². The smallest absolute Gasteiger partial charge is 0.140 e. The van der Waals surface area contributed by atoms with Gasteiger partial charge in [-0.1, -0.05) is 6.07 Å². The summed E-state index contributed by atoms with van der Waals surface area (Å²) in [5, 5.41) is 1.03. The molecule has 1 heterocycles. The predicted molar refractivity (Wildman–Crippen MR) is 77.6 cm³/mol. The Labute approximate surface area is 117 Å². The molecule has 0 fully saturated rings. The van der Waals surface area contributed by atoms with Crippen molar-refractivity contribution in [2.45, 2.75) is 39.3 Å². The molecule has 0 radical (unpaired) electrons. The van der Waals surface area contributed by atoms with Crippen LogP contribution >= 0.6 is 11.3 Å². The van der Waals surface area contributed by atoms with Gasteiger partial charge in [-0.05, 0) is 49.9 Å². The minimum atomic E-state index is 0.202. The fraction of sp³-hybridized carbons (Fsp3) is 0.400. The molecule has 0 aliphatic heterocycles. The molecule has 1 aliphatic carbocycles. The first-order valence-corrected chi connectivity index (χ1v) is 7.39. The highest BCUT2D eigenvalue weighted by molar-refractivity contribution is 7.11. The van der Waals surface area contributed by atoms with E-state index in [1.807, 2.05) is 13.0 Å². The third-order valence-corrected chi connectivity index (χ3v) is 4.72. The molecule has 0 spiro atoms. The number of benzene rings is 1. The average Bonchev–Trinajstić information content (AvgIpc) is 2.91. The summed E-state index contributed by atoms with van der Waals surface area (Å²) < 4.78 is 5.83. The number of hydrogen-bond acceptors (Lipinski definition) is 4. The summed E-state index contributed by atoms with van der Waals surface area (Å²) in [6.07, 6.45) is 2.10. The molecular weight excluding hydrogens is 256 g/mol. The molecule has 0 saturated heterocycles. The zero-order valence-electron chi connectivity index (χ0n) is 11.3. The number of rotatable bonds is 3. The van der Waals surface area contributed by atoms with E-state index in [1.54, 1.807) is 11.3 Å². The van der Waals surface area contributed by atoms with E-state index in [0.29, 0.717) is 6.61 Å². The molecule has 19 heavy (non-hydrogen) atoms. The van der Waals surface area contributed by atoms with E-state index in [9.17, 15) is 0 Å². The lowest BCUT2D eigenvalue weighted by atomic mass is 10.1. The van der Waals surface area contributed by atoms with E-state index in [0.717, 1.165) is 29.3 Å². The van der Waals surface area contributed by atoms with Crippen molar-refractivity contribution in [1.82, 2.24) is 4.98 Å². The molecule has 2 N–H and O–H groups in total. The van der Waals surface area contributed by atoms with Crippen molar-refractivity contribution in [3.63, 3.8) is 0 Å². The molecular formula is C15H18N2OS. The lowest BCUT2D eigenvalue weighted by Crippen LogP contribution is -2.05. The highest BCUT2D eigenvalue weighted by atomic mass is 32.1. The first-order chi connectivity index (χ1) is 9.13. The van der Waals surface area contributed by atoms with Gasteiger partial charge in [0.1, 0.15) is 17.4 Å². The number of hydrogen-bond donors (Lipinski definition) is 1. The maximum atomic E-state index is 6.03. The maximum absolute atomic E-state index is 6.03. The predicted octanol–water partition coefficient (Wildman–Crippen LogP) is 3.28. The second kappa shape index (κ2) is 4.94. The minimum Gasteiger partial charge on any atom is -0.486 e. The molecule has 2 aromatic rings. The molecule has 1 aliphatic rings. The number of aromatic nitrogens is 1. The Morgan fingerprint density at radius 1 is 1.42 bits per heavy atom. The van der Waals surface area contributed by atoms with Gasteiger partial charge in [0.05, 0.1) is 5.69 Å². The maximum Gasteiger partial charge on any atom is 0.140 e. The normalized spacial score (nSPS) is 17.5. The van der Waals surface area contributed by atoms with E-state index >= 15 is 0 Å². The Morgan fingerprint density at radius 2 is 2.26 bits per heavy atom. The highest BCUT2D eigenvalue weighted by Crippen LogP contribution is 2.32. The summed E-state index contributed by atoms with van der Waals surface area (Å²) in [7, 11) is 0. The molecule has 1 aromatic heterocycles. The Bertz CT molecular complexity index is 587. The molecule has 1 atom stereocenters. The van der Waals surface area contributed by atoms with E-state index in [4.69, 9.17) is 10.5 Å². The van der Waals surface area contributed by atoms with Crippen LogP contribution in [0.15, 0.2) is 18.2 Å². The van der Waals surface area contributed by atoms with Crippen molar-refractivity contribution in [3.05, 3.63) is 44.9 Å². The van der Waals surface area contributed by atoms with Gasteiger partial charge >= 0.3 is 0 Å². The van der Waals surface area contributed by atoms with Crippen molar-refractivity contribution < 1.29 is 4.74 Å². The quantitative estimate of drug-likeness (QED) is 0.934. The second-order valence-electron chi connectivity index (χ2n) is 5.04. The zero-order chi connectivity index (χ0) is 13.4. The Morgan fingerprint density at radius 3 is 3.00 bits per heavy atom. The number of ether oxygens (including phenoxy) is 1. The topological polar surface area (TPSA) is 48.1 Å². The van der Waals surface area contributed by atoms with Crippen LogP contribution in [0.2, 0.25) is 0 Å². The molecule has 0 saturated carbocycles. The van der Waals surface area contributed by atoms with Gasteiger partial charge < -0.3 is 10.5 Å². The first kappa shape index (κ1) is 12.6. The minimum absolute atomic E-state index is 0.202. The van der Waals surface area contributed by atoms with Gasteiger partial charge in [-0.15, -0.1) is 11.3 Å². The van der Waals surface area contributed by atoms with Crippen LogP contribution in [-0.4, -0.2) is 4.98 Å². The number of fused-ring (bicyclic) bond motifs is 1. The SMILES string of the molecule is Cc1nc(COc2ccc3c(c2)CC[C@@H]3N)sc1C. The third-order valence-electron chi connectivity index (χ3n) is 3.67. The van der Waals surface area contributed by atoms with Crippen LogP contribution in [0, 0.1) is 13.8 Å². The lowest BCUT2D eigenvalue weighted by Gasteiger charge is -2.08.